The standard InChI is InChI=1S/C13H12ClN3O3/c1-7-5-17(13(20)16-12(7)19)6-9-3-2-8(11(15)18)4-10(9)14/h2-5H,6H2,1H3,(H2,15,18)(H,16,19,20). The van der Waals surface area contributed by atoms with Gasteiger partial charge in [-0.25, -0.2) is 4.79 Å². The van der Waals surface area contributed by atoms with Crippen LogP contribution >= 0.6 is 11.6 Å². The van der Waals surface area contributed by atoms with E-state index in [9.17, 15) is 14.4 Å². The molecule has 1 heterocycles. The summed E-state index contributed by atoms with van der Waals surface area (Å²) >= 11 is 6.05. The van der Waals surface area contributed by atoms with Crippen LogP contribution in [0.1, 0.15) is 21.5 Å². The Kier molecular flexibility index (Phi) is 3.76. The van der Waals surface area contributed by atoms with Gasteiger partial charge in [-0.3, -0.25) is 19.1 Å². The van der Waals surface area contributed by atoms with Crippen molar-refractivity contribution in [2.45, 2.75) is 13.5 Å². The van der Waals surface area contributed by atoms with Gasteiger partial charge >= 0.3 is 5.69 Å². The zero-order chi connectivity index (χ0) is 14.9. The van der Waals surface area contributed by atoms with Gasteiger partial charge in [0.15, 0.2) is 0 Å². The zero-order valence-electron chi connectivity index (χ0n) is 10.6. The minimum absolute atomic E-state index is 0.189. The third-order valence-corrected chi connectivity index (χ3v) is 3.22. The molecule has 0 atom stereocenters. The quantitative estimate of drug-likeness (QED) is 0.869. The first-order chi connectivity index (χ1) is 9.38. The molecule has 0 radical (unpaired) electrons. The van der Waals surface area contributed by atoms with Crippen molar-refractivity contribution in [1.82, 2.24) is 9.55 Å². The molecule has 1 amide bonds. The molecule has 0 spiro atoms. The first kappa shape index (κ1) is 14.1. The highest BCUT2D eigenvalue weighted by atomic mass is 35.5. The Morgan fingerprint density at radius 3 is 2.70 bits per heavy atom. The summed E-state index contributed by atoms with van der Waals surface area (Å²) < 4.78 is 1.34. The van der Waals surface area contributed by atoms with Crippen LogP contribution in [0.25, 0.3) is 0 Å². The summed E-state index contributed by atoms with van der Waals surface area (Å²) in [4.78, 5) is 36.2. The lowest BCUT2D eigenvalue weighted by atomic mass is 10.1. The van der Waals surface area contributed by atoms with Crippen molar-refractivity contribution in [1.29, 1.82) is 0 Å². The van der Waals surface area contributed by atoms with Gasteiger partial charge in [-0.2, -0.15) is 0 Å². The first-order valence-corrected chi connectivity index (χ1v) is 6.15. The molecule has 0 saturated carbocycles. The van der Waals surface area contributed by atoms with Crippen molar-refractivity contribution < 1.29 is 4.79 Å². The van der Waals surface area contributed by atoms with Crippen LogP contribution in [0.5, 0.6) is 0 Å². The fraction of sp³-hybridized carbons (Fsp3) is 0.154. The summed E-state index contributed by atoms with van der Waals surface area (Å²) in [6.45, 7) is 1.79. The van der Waals surface area contributed by atoms with Crippen LogP contribution in [0.15, 0.2) is 34.0 Å². The number of benzene rings is 1. The van der Waals surface area contributed by atoms with Crippen molar-refractivity contribution in [2.75, 3.05) is 0 Å². The summed E-state index contributed by atoms with van der Waals surface area (Å²) in [5.74, 6) is -0.574. The fourth-order valence-electron chi connectivity index (χ4n) is 1.75. The summed E-state index contributed by atoms with van der Waals surface area (Å²) in [6.07, 6.45) is 1.46. The molecule has 0 fully saturated rings. The molecule has 1 aromatic heterocycles. The maximum absolute atomic E-state index is 11.7. The van der Waals surface area contributed by atoms with Gasteiger partial charge < -0.3 is 5.73 Å². The summed E-state index contributed by atoms with van der Waals surface area (Å²) in [5, 5.41) is 0.331. The Balaban J connectivity index is 2.40. The van der Waals surface area contributed by atoms with E-state index in [4.69, 9.17) is 17.3 Å². The third-order valence-electron chi connectivity index (χ3n) is 2.87. The van der Waals surface area contributed by atoms with E-state index in [1.54, 1.807) is 13.0 Å². The molecule has 0 aliphatic carbocycles. The predicted octanol–water partition coefficient (Wildman–Crippen LogP) is 0.646. The molecule has 6 nitrogen and oxygen atoms in total. The maximum Gasteiger partial charge on any atom is 0.328 e. The second kappa shape index (κ2) is 5.34. The van der Waals surface area contributed by atoms with Gasteiger partial charge in [-0.05, 0) is 24.6 Å². The van der Waals surface area contributed by atoms with Crippen molar-refractivity contribution >= 4 is 17.5 Å². The largest absolute Gasteiger partial charge is 0.366 e. The molecule has 0 unspecified atom stereocenters. The van der Waals surface area contributed by atoms with Crippen LogP contribution < -0.4 is 17.0 Å². The molecular formula is C13H12ClN3O3. The molecule has 0 saturated heterocycles. The van der Waals surface area contributed by atoms with Crippen LogP contribution in [0.2, 0.25) is 5.02 Å². The average molecular weight is 294 g/mol. The van der Waals surface area contributed by atoms with Gasteiger partial charge in [0.25, 0.3) is 5.56 Å². The van der Waals surface area contributed by atoms with Crippen LogP contribution in [0, 0.1) is 6.92 Å². The maximum atomic E-state index is 11.7. The highest BCUT2D eigenvalue weighted by Crippen LogP contribution is 2.18. The number of primary amides is 1. The molecule has 3 N–H and O–H groups in total. The monoisotopic (exact) mass is 293 g/mol. The first-order valence-electron chi connectivity index (χ1n) is 5.77. The molecule has 2 rings (SSSR count). The Morgan fingerprint density at radius 1 is 1.40 bits per heavy atom. The lowest BCUT2D eigenvalue weighted by Gasteiger charge is -2.08. The lowest BCUT2D eigenvalue weighted by molar-refractivity contribution is 0.100. The highest BCUT2D eigenvalue weighted by Gasteiger charge is 2.08. The Bertz CT molecular complexity index is 792. The Hall–Kier alpha value is -2.34. The average Bonchev–Trinajstić information content (AvgIpc) is 2.37. The van der Waals surface area contributed by atoms with E-state index in [0.29, 0.717) is 21.7 Å². The van der Waals surface area contributed by atoms with E-state index in [0.717, 1.165) is 0 Å². The summed E-state index contributed by atoms with van der Waals surface area (Å²) in [5.41, 5.74) is 5.58. The molecule has 104 valence electrons. The number of halogens is 1. The molecule has 0 bridgehead atoms. The molecule has 1 aromatic carbocycles. The van der Waals surface area contributed by atoms with Crippen molar-refractivity contribution in [2.24, 2.45) is 5.73 Å². The summed E-state index contributed by atoms with van der Waals surface area (Å²) in [7, 11) is 0. The van der Waals surface area contributed by atoms with E-state index in [1.807, 2.05) is 0 Å². The topological polar surface area (TPSA) is 97.9 Å². The molecule has 2 aromatic rings. The van der Waals surface area contributed by atoms with Gasteiger partial charge in [-0.1, -0.05) is 17.7 Å². The van der Waals surface area contributed by atoms with Crippen LogP contribution in [-0.4, -0.2) is 15.5 Å². The normalized spacial score (nSPS) is 10.5. The van der Waals surface area contributed by atoms with E-state index in [-0.39, 0.29) is 6.54 Å². The van der Waals surface area contributed by atoms with Gasteiger partial charge in [0.2, 0.25) is 5.91 Å². The van der Waals surface area contributed by atoms with Gasteiger partial charge in [-0.15, -0.1) is 0 Å². The minimum atomic E-state index is -0.574. The lowest BCUT2D eigenvalue weighted by Crippen LogP contribution is -2.31. The molecule has 0 aliphatic heterocycles. The van der Waals surface area contributed by atoms with Crippen LogP contribution in [-0.2, 0) is 6.54 Å². The van der Waals surface area contributed by atoms with E-state index < -0.39 is 17.2 Å². The van der Waals surface area contributed by atoms with Gasteiger partial charge in [0.05, 0.1) is 6.54 Å². The second-order valence-electron chi connectivity index (χ2n) is 4.37. The number of carbonyl (C=O) groups excluding carboxylic acids is 1. The number of nitrogens with two attached hydrogens (primary N) is 1. The van der Waals surface area contributed by atoms with E-state index in [1.165, 1.54) is 22.9 Å². The van der Waals surface area contributed by atoms with Crippen molar-refractivity contribution in [3.8, 4) is 0 Å². The van der Waals surface area contributed by atoms with Crippen molar-refractivity contribution in [3.63, 3.8) is 0 Å². The molecule has 20 heavy (non-hydrogen) atoms. The van der Waals surface area contributed by atoms with Crippen LogP contribution in [0.3, 0.4) is 0 Å². The highest BCUT2D eigenvalue weighted by molar-refractivity contribution is 6.31. The second-order valence-corrected chi connectivity index (χ2v) is 4.78. The van der Waals surface area contributed by atoms with Crippen LogP contribution in [0.4, 0.5) is 0 Å². The van der Waals surface area contributed by atoms with Crippen molar-refractivity contribution in [3.05, 3.63) is 66.9 Å². The number of rotatable bonds is 3. The number of aryl methyl sites for hydroxylation is 1. The summed E-state index contributed by atoms with van der Waals surface area (Å²) in [6, 6.07) is 4.60. The number of H-pyrrole nitrogens is 1. The van der Waals surface area contributed by atoms with E-state index >= 15 is 0 Å². The number of nitrogens with one attached hydrogen (secondary N) is 1. The number of carbonyl (C=O) groups is 1. The number of nitrogens with zero attached hydrogens (tertiary/aromatic N) is 1. The van der Waals surface area contributed by atoms with E-state index in [2.05, 4.69) is 4.98 Å². The minimum Gasteiger partial charge on any atom is -0.366 e. The predicted molar refractivity (Wildman–Crippen MR) is 75.1 cm³/mol. The Labute approximate surface area is 118 Å². The number of hydrogen-bond acceptors (Lipinski definition) is 3. The molecular weight excluding hydrogens is 282 g/mol. The number of hydrogen-bond donors (Lipinski definition) is 2. The number of aromatic nitrogens is 2. The third kappa shape index (κ3) is 2.80. The zero-order valence-corrected chi connectivity index (χ0v) is 11.4. The van der Waals surface area contributed by atoms with Gasteiger partial charge in [0.1, 0.15) is 0 Å². The smallest absolute Gasteiger partial charge is 0.328 e. The van der Waals surface area contributed by atoms with Gasteiger partial charge in [0, 0.05) is 22.3 Å². The SMILES string of the molecule is Cc1cn(Cc2ccc(C(N)=O)cc2Cl)c(=O)[nH]c1=O. The number of amides is 1. The number of aromatic amines is 1. The molecule has 7 heteroatoms. The molecule has 0 aliphatic rings. The fourth-order valence-corrected chi connectivity index (χ4v) is 1.99. The Morgan fingerprint density at radius 2 is 2.10 bits per heavy atom.